The zero-order valence-electron chi connectivity index (χ0n) is 10.9. The molecule has 5 heteroatoms. The SMILES string of the molecule is Cc1nn(C)c(C)c1CCC(=O)Cc1nccs1. The summed E-state index contributed by atoms with van der Waals surface area (Å²) in [5.41, 5.74) is 3.37. The summed E-state index contributed by atoms with van der Waals surface area (Å²) in [4.78, 5) is 16.0. The minimum absolute atomic E-state index is 0.243. The molecule has 4 nitrogen and oxygen atoms in total. The summed E-state index contributed by atoms with van der Waals surface area (Å²) >= 11 is 1.53. The van der Waals surface area contributed by atoms with Crippen LogP contribution in [0.4, 0.5) is 0 Å². The van der Waals surface area contributed by atoms with Crippen LogP contribution in [0.3, 0.4) is 0 Å². The molecule has 2 heterocycles. The molecule has 2 aromatic rings. The average Bonchev–Trinajstić information content (AvgIpc) is 2.88. The number of thiazole rings is 1. The Bertz CT molecular complexity index is 543. The highest BCUT2D eigenvalue weighted by atomic mass is 32.1. The Kier molecular flexibility index (Phi) is 3.91. The monoisotopic (exact) mass is 263 g/mol. The van der Waals surface area contributed by atoms with Crippen molar-refractivity contribution >= 4 is 17.1 Å². The fraction of sp³-hybridized carbons (Fsp3) is 0.462. The first-order chi connectivity index (χ1) is 8.58. The number of aryl methyl sites for hydroxylation is 2. The Morgan fingerprint density at radius 3 is 2.78 bits per heavy atom. The second-order valence-corrected chi connectivity index (χ2v) is 5.39. The van der Waals surface area contributed by atoms with Crippen LogP contribution in [-0.2, 0) is 24.7 Å². The van der Waals surface area contributed by atoms with Crippen LogP contribution in [0, 0.1) is 13.8 Å². The molecule has 0 N–H and O–H groups in total. The van der Waals surface area contributed by atoms with E-state index in [0.29, 0.717) is 12.8 Å². The van der Waals surface area contributed by atoms with Crippen molar-refractivity contribution in [2.75, 3.05) is 0 Å². The molecule has 0 bridgehead atoms. The molecule has 0 unspecified atom stereocenters. The van der Waals surface area contributed by atoms with Crippen LogP contribution in [0.5, 0.6) is 0 Å². The Hall–Kier alpha value is -1.49. The lowest BCUT2D eigenvalue weighted by Crippen LogP contribution is -2.05. The maximum absolute atomic E-state index is 11.9. The minimum Gasteiger partial charge on any atom is -0.299 e. The molecule has 96 valence electrons. The summed E-state index contributed by atoms with van der Waals surface area (Å²) < 4.78 is 1.87. The van der Waals surface area contributed by atoms with Gasteiger partial charge in [-0.1, -0.05) is 0 Å². The second-order valence-electron chi connectivity index (χ2n) is 4.41. The summed E-state index contributed by atoms with van der Waals surface area (Å²) in [6, 6.07) is 0. The van der Waals surface area contributed by atoms with E-state index in [9.17, 15) is 4.79 Å². The fourth-order valence-corrected chi connectivity index (χ4v) is 2.69. The molecule has 0 aliphatic rings. The maximum Gasteiger partial charge on any atom is 0.140 e. The quantitative estimate of drug-likeness (QED) is 0.831. The van der Waals surface area contributed by atoms with Crippen LogP contribution in [-0.4, -0.2) is 20.5 Å². The molecule has 0 radical (unpaired) electrons. The van der Waals surface area contributed by atoms with Gasteiger partial charge < -0.3 is 0 Å². The standard InChI is InChI=1S/C13H17N3OS/c1-9-12(10(2)16(3)15-9)5-4-11(17)8-13-14-6-7-18-13/h6-7H,4-5,8H2,1-3H3. The van der Waals surface area contributed by atoms with E-state index in [1.165, 1.54) is 16.9 Å². The maximum atomic E-state index is 11.9. The van der Waals surface area contributed by atoms with Gasteiger partial charge >= 0.3 is 0 Å². The molecule has 0 aliphatic heterocycles. The van der Waals surface area contributed by atoms with E-state index in [1.807, 2.05) is 31.0 Å². The van der Waals surface area contributed by atoms with Crippen molar-refractivity contribution < 1.29 is 4.79 Å². The predicted octanol–water partition coefficient (Wildman–Crippen LogP) is 2.24. The number of carbonyl (C=O) groups is 1. The summed E-state index contributed by atoms with van der Waals surface area (Å²) in [7, 11) is 1.93. The molecule has 0 saturated carbocycles. The molecule has 0 amide bonds. The molecule has 0 fully saturated rings. The van der Waals surface area contributed by atoms with E-state index in [-0.39, 0.29) is 5.78 Å². The van der Waals surface area contributed by atoms with Gasteiger partial charge in [0, 0.05) is 30.7 Å². The number of hydrogen-bond donors (Lipinski definition) is 0. The summed E-state index contributed by atoms with van der Waals surface area (Å²) in [6.45, 7) is 4.04. The summed E-state index contributed by atoms with van der Waals surface area (Å²) in [6.07, 6.45) is 3.53. The lowest BCUT2D eigenvalue weighted by atomic mass is 10.0. The van der Waals surface area contributed by atoms with Crippen LogP contribution in [0.1, 0.15) is 28.4 Å². The van der Waals surface area contributed by atoms with Crippen molar-refractivity contribution in [2.45, 2.75) is 33.1 Å². The number of nitrogens with zero attached hydrogens (tertiary/aromatic N) is 3. The van der Waals surface area contributed by atoms with Crippen molar-refractivity contribution in [2.24, 2.45) is 7.05 Å². The van der Waals surface area contributed by atoms with E-state index >= 15 is 0 Å². The van der Waals surface area contributed by atoms with Gasteiger partial charge in [0.2, 0.25) is 0 Å². The number of aromatic nitrogens is 3. The Labute approximate surface area is 111 Å². The van der Waals surface area contributed by atoms with Gasteiger partial charge in [-0.2, -0.15) is 5.10 Å². The smallest absolute Gasteiger partial charge is 0.140 e. The lowest BCUT2D eigenvalue weighted by molar-refractivity contribution is -0.118. The molecule has 0 spiro atoms. The van der Waals surface area contributed by atoms with E-state index in [4.69, 9.17) is 0 Å². The van der Waals surface area contributed by atoms with Gasteiger partial charge in [-0.25, -0.2) is 4.98 Å². The first-order valence-electron chi connectivity index (χ1n) is 5.97. The third-order valence-electron chi connectivity index (χ3n) is 3.14. The summed E-state index contributed by atoms with van der Waals surface area (Å²) in [5.74, 6) is 0.243. The second kappa shape index (κ2) is 5.44. The molecule has 0 aliphatic carbocycles. The van der Waals surface area contributed by atoms with Crippen LogP contribution >= 0.6 is 11.3 Å². The van der Waals surface area contributed by atoms with Gasteiger partial charge in [-0.3, -0.25) is 9.48 Å². The first kappa shape index (κ1) is 13.0. The molecule has 18 heavy (non-hydrogen) atoms. The highest BCUT2D eigenvalue weighted by Crippen LogP contribution is 2.15. The molecular weight excluding hydrogens is 246 g/mol. The number of rotatable bonds is 5. The molecular formula is C13H17N3OS. The molecule has 2 rings (SSSR count). The zero-order valence-corrected chi connectivity index (χ0v) is 11.8. The highest BCUT2D eigenvalue weighted by Gasteiger charge is 2.12. The largest absolute Gasteiger partial charge is 0.299 e. The van der Waals surface area contributed by atoms with Crippen molar-refractivity contribution in [1.82, 2.24) is 14.8 Å². The third kappa shape index (κ3) is 2.85. The highest BCUT2D eigenvalue weighted by molar-refractivity contribution is 7.09. The zero-order chi connectivity index (χ0) is 13.1. The summed E-state index contributed by atoms with van der Waals surface area (Å²) in [5, 5.41) is 7.16. The molecule has 0 aromatic carbocycles. The topological polar surface area (TPSA) is 47.8 Å². The molecule has 0 atom stereocenters. The average molecular weight is 263 g/mol. The van der Waals surface area contributed by atoms with Gasteiger partial charge in [0.1, 0.15) is 5.78 Å². The van der Waals surface area contributed by atoms with Gasteiger partial charge in [0.05, 0.1) is 17.1 Å². The van der Waals surface area contributed by atoms with Gasteiger partial charge in [0.15, 0.2) is 0 Å². The van der Waals surface area contributed by atoms with Crippen molar-refractivity contribution in [3.63, 3.8) is 0 Å². The van der Waals surface area contributed by atoms with Crippen molar-refractivity contribution in [1.29, 1.82) is 0 Å². The Balaban J connectivity index is 1.93. The number of hydrogen-bond acceptors (Lipinski definition) is 4. The minimum atomic E-state index is 0.243. The van der Waals surface area contributed by atoms with E-state index in [1.54, 1.807) is 6.20 Å². The Morgan fingerprint density at radius 2 is 2.22 bits per heavy atom. The number of carbonyl (C=O) groups excluding carboxylic acids is 1. The van der Waals surface area contributed by atoms with E-state index < -0.39 is 0 Å². The van der Waals surface area contributed by atoms with Crippen LogP contribution in [0.2, 0.25) is 0 Å². The number of ketones is 1. The molecule has 2 aromatic heterocycles. The van der Waals surface area contributed by atoms with Crippen molar-refractivity contribution in [3.8, 4) is 0 Å². The van der Waals surface area contributed by atoms with Crippen LogP contribution in [0.15, 0.2) is 11.6 Å². The van der Waals surface area contributed by atoms with E-state index in [2.05, 4.69) is 10.1 Å². The normalized spacial score (nSPS) is 10.8. The van der Waals surface area contributed by atoms with Gasteiger partial charge in [-0.05, 0) is 25.8 Å². The van der Waals surface area contributed by atoms with Crippen LogP contribution in [0.25, 0.3) is 0 Å². The first-order valence-corrected chi connectivity index (χ1v) is 6.85. The fourth-order valence-electron chi connectivity index (χ4n) is 2.04. The van der Waals surface area contributed by atoms with Gasteiger partial charge in [0.25, 0.3) is 0 Å². The lowest BCUT2D eigenvalue weighted by Gasteiger charge is -2.01. The van der Waals surface area contributed by atoms with Gasteiger partial charge in [-0.15, -0.1) is 11.3 Å². The third-order valence-corrected chi connectivity index (χ3v) is 3.92. The van der Waals surface area contributed by atoms with E-state index in [0.717, 1.165) is 22.8 Å². The Morgan fingerprint density at radius 1 is 1.44 bits per heavy atom. The van der Waals surface area contributed by atoms with Crippen LogP contribution < -0.4 is 0 Å². The predicted molar refractivity (Wildman–Crippen MR) is 71.8 cm³/mol. The number of Topliss-reactive ketones (excluding diaryl/α,β-unsaturated/α-hetero) is 1. The molecule has 0 saturated heterocycles. The van der Waals surface area contributed by atoms with Crippen molar-refractivity contribution in [3.05, 3.63) is 33.5 Å².